The van der Waals surface area contributed by atoms with Crippen LogP contribution in [0.4, 0.5) is 34.1 Å². The number of hydrogen-bond donors (Lipinski definition) is 0. The molecule has 4 saturated carbocycles. The third kappa shape index (κ3) is 13.2. The van der Waals surface area contributed by atoms with Gasteiger partial charge in [0.1, 0.15) is 23.7 Å². The van der Waals surface area contributed by atoms with Crippen molar-refractivity contribution in [3.05, 3.63) is 239 Å². The monoisotopic (exact) mass is 1230 g/mol. The quantitative estimate of drug-likeness (QED) is 0.0486. The van der Waals surface area contributed by atoms with Crippen LogP contribution in [0.2, 0.25) is 0 Å². The van der Waals surface area contributed by atoms with Gasteiger partial charge >= 0.3 is 0 Å². The van der Waals surface area contributed by atoms with E-state index in [1.165, 1.54) is 192 Å². The summed E-state index contributed by atoms with van der Waals surface area (Å²) in [5.74, 6) is 4.69. The molecule has 0 radical (unpaired) electrons. The Morgan fingerprint density at radius 3 is 0.926 bits per heavy atom. The number of rotatable bonds is 18. The first kappa shape index (κ1) is 61.6. The Bertz CT molecular complexity index is 4150. The molecule has 11 aromatic carbocycles. The molecule has 0 spiro atoms. The second-order valence-corrected chi connectivity index (χ2v) is 28.9. The summed E-state index contributed by atoms with van der Waals surface area (Å²) in [6.07, 6.45) is 35.2. The molecule has 0 saturated heterocycles. The highest BCUT2D eigenvalue weighted by Crippen LogP contribution is 2.54. The lowest BCUT2D eigenvalue weighted by molar-refractivity contribution is 0.0736. The van der Waals surface area contributed by atoms with E-state index in [9.17, 15) is 0 Å². The fraction of sp³-hybridized carbons (Fsp3) is 0.333. The van der Waals surface area contributed by atoms with Crippen LogP contribution in [0.25, 0.3) is 67.4 Å². The third-order valence-corrected chi connectivity index (χ3v) is 22.2. The van der Waals surface area contributed by atoms with Gasteiger partial charge in [0.2, 0.25) is 0 Å². The maximum absolute atomic E-state index is 7.89. The molecule has 11 aromatic rings. The standard InChI is InChI=1S/C90H94N2O2/c1-61-23-31-65(32-24-61)35-37-67-39-47-75(48-40-67)91(73-43-27-63(3)28-44-73)81-55-51-79-87-77(81)53-57-85(93-83-21-13-11-19-71(83)59-69-15-7-5-8-16-69)89(87)80-52-56-82(78-54-58-86(90(79)88(78)80)94-84-22-14-12-20-72(84)60-70-17-9-6-10-18-70)92(74-45-29-64(4)30-46-74)76-49-41-68(42-50-76)38-36-66-33-25-62(2)26-34-66/h23-58,69-72,83-84H,5-22,59-60H2,1-4H3. The van der Waals surface area contributed by atoms with Gasteiger partial charge in [-0.15, -0.1) is 0 Å². The van der Waals surface area contributed by atoms with E-state index in [0.29, 0.717) is 11.8 Å². The Morgan fingerprint density at radius 1 is 0.287 bits per heavy atom. The van der Waals surface area contributed by atoms with Gasteiger partial charge in [-0.1, -0.05) is 233 Å². The zero-order valence-corrected chi connectivity index (χ0v) is 56.1. The average molecular weight is 1240 g/mol. The predicted octanol–water partition coefficient (Wildman–Crippen LogP) is 26.1. The van der Waals surface area contributed by atoms with Gasteiger partial charge in [0.05, 0.1) is 11.4 Å². The van der Waals surface area contributed by atoms with Crippen LogP contribution in [0.1, 0.15) is 173 Å². The maximum atomic E-state index is 7.89. The number of hydrogen-bond acceptors (Lipinski definition) is 4. The Balaban J connectivity index is 0.948. The van der Waals surface area contributed by atoms with Crippen molar-refractivity contribution in [2.75, 3.05) is 9.80 Å². The van der Waals surface area contributed by atoms with Crippen molar-refractivity contribution in [2.24, 2.45) is 23.7 Å². The second kappa shape index (κ2) is 27.8. The van der Waals surface area contributed by atoms with Crippen LogP contribution >= 0.6 is 0 Å². The van der Waals surface area contributed by atoms with E-state index in [2.05, 4.69) is 256 Å². The summed E-state index contributed by atoms with van der Waals surface area (Å²) in [6, 6.07) is 73.5. The fourth-order valence-electron chi connectivity index (χ4n) is 17.0. The molecule has 94 heavy (non-hydrogen) atoms. The summed E-state index contributed by atoms with van der Waals surface area (Å²) >= 11 is 0. The van der Waals surface area contributed by atoms with E-state index in [1.54, 1.807) is 0 Å². The number of ether oxygens (including phenoxy) is 2. The lowest BCUT2D eigenvalue weighted by Gasteiger charge is -2.36. The lowest BCUT2D eigenvalue weighted by atomic mass is 9.76. The lowest BCUT2D eigenvalue weighted by Crippen LogP contribution is -2.32. The molecule has 0 N–H and O–H groups in total. The van der Waals surface area contributed by atoms with Gasteiger partial charge in [0.15, 0.2) is 0 Å². The smallest absolute Gasteiger partial charge is 0.128 e. The number of benzene rings is 11. The van der Waals surface area contributed by atoms with Crippen LogP contribution in [0.15, 0.2) is 194 Å². The van der Waals surface area contributed by atoms with Crippen LogP contribution < -0.4 is 19.3 Å². The van der Waals surface area contributed by atoms with E-state index >= 15 is 0 Å². The molecule has 4 atom stereocenters. The zero-order chi connectivity index (χ0) is 63.5. The van der Waals surface area contributed by atoms with Crippen molar-refractivity contribution in [1.82, 2.24) is 0 Å². The first-order chi connectivity index (χ1) is 46.2. The Hall–Kier alpha value is -8.60. The molecule has 0 heterocycles. The van der Waals surface area contributed by atoms with Crippen molar-refractivity contribution in [3.8, 4) is 11.5 Å². The summed E-state index contributed by atoms with van der Waals surface area (Å²) in [5, 5.41) is 9.75. The van der Waals surface area contributed by atoms with Gasteiger partial charge in [0, 0.05) is 55.1 Å². The number of anilines is 6. The van der Waals surface area contributed by atoms with E-state index in [-0.39, 0.29) is 12.2 Å². The summed E-state index contributed by atoms with van der Waals surface area (Å²) in [6.45, 7) is 8.67. The zero-order valence-electron chi connectivity index (χ0n) is 56.1. The third-order valence-electron chi connectivity index (χ3n) is 22.2. The topological polar surface area (TPSA) is 24.9 Å². The van der Waals surface area contributed by atoms with Gasteiger partial charge in [-0.05, 0) is 221 Å². The molecule has 4 aliphatic carbocycles. The molecule has 15 rings (SSSR count). The molecule has 4 aliphatic rings. The first-order valence-electron chi connectivity index (χ1n) is 36.2. The SMILES string of the molecule is Cc1ccc(C=Cc2ccc(N(c3ccc(C)cc3)c3ccc4c5c(OC6CCCCC6CC6CCCCC6)ccc6c(N(c7ccc(C)cc7)c7ccc(C=Cc8ccc(C)cc8)cc7)ccc(c7c(OC8CCCCC8CC8CCCCC8)ccc3c47)c65)cc2)cc1. The van der Waals surface area contributed by atoms with Crippen molar-refractivity contribution in [1.29, 1.82) is 0 Å². The molecule has 0 amide bonds. The average Bonchev–Trinajstić information content (AvgIpc) is 0.698. The highest BCUT2D eigenvalue weighted by Gasteiger charge is 2.34. The Labute approximate surface area is 559 Å². The molecule has 4 heteroatoms. The summed E-state index contributed by atoms with van der Waals surface area (Å²) in [4.78, 5) is 4.99. The van der Waals surface area contributed by atoms with Crippen molar-refractivity contribution in [3.63, 3.8) is 0 Å². The van der Waals surface area contributed by atoms with Gasteiger partial charge < -0.3 is 19.3 Å². The number of nitrogens with zero attached hydrogens (tertiary/aromatic N) is 2. The maximum Gasteiger partial charge on any atom is 0.128 e. The molecule has 4 unspecified atom stereocenters. The van der Waals surface area contributed by atoms with Crippen molar-refractivity contribution >= 4 is 102 Å². The molecule has 4 nitrogen and oxygen atoms in total. The van der Waals surface area contributed by atoms with Crippen LogP contribution in [-0.4, -0.2) is 12.2 Å². The van der Waals surface area contributed by atoms with Crippen LogP contribution in [0.5, 0.6) is 11.5 Å². The normalized spacial score (nSPS) is 19.3. The van der Waals surface area contributed by atoms with Gasteiger partial charge in [-0.2, -0.15) is 0 Å². The fourth-order valence-corrected chi connectivity index (χ4v) is 17.0. The summed E-state index contributed by atoms with van der Waals surface area (Å²) < 4.78 is 15.8. The van der Waals surface area contributed by atoms with Crippen molar-refractivity contribution < 1.29 is 9.47 Å². The Morgan fingerprint density at radius 2 is 0.574 bits per heavy atom. The second-order valence-electron chi connectivity index (χ2n) is 28.9. The molecule has 476 valence electrons. The minimum atomic E-state index is 0.156. The minimum Gasteiger partial charge on any atom is -0.489 e. The Kier molecular flexibility index (Phi) is 18.2. The van der Waals surface area contributed by atoms with Gasteiger partial charge in [0.25, 0.3) is 0 Å². The highest BCUT2D eigenvalue weighted by molar-refractivity contribution is 6.37. The number of fused-ring (bicyclic) bond motifs is 2. The summed E-state index contributed by atoms with van der Waals surface area (Å²) in [7, 11) is 0. The summed E-state index contributed by atoms with van der Waals surface area (Å²) in [5.41, 5.74) is 16.5. The van der Waals surface area contributed by atoms with Crippen molar-refractivity contribution in [2.45, 2.75) is 168 Å². The predicted molar refractivity (Wildman–Crippen MR) is 402 cm³/mol. The van der Waals surface area contributed by atoms with Crippen LogP contribution in [-0.2, 0) is 0 Å². The van der Waals surface area contributed by atoms with Crippen LogP contribution in [0.3, 0.4) is 0 Å². The van der Waals surface area contributed by atoms with Gasteiger partial charge in [-0.25, -0.2) is 0 Å². The number of aryl methyl sites for hydroxylation is 4. The molecular weight excluding hydrogens is 1140 g/mol. The minimum absolute atomic E-state index is 0.156. The van der Waals surface area contributed by atoms with Gasteiger partial charge in [-0.3, -0.25) is 0 Å². The molecular formula is C90H94N2O2. The highest BCUT2D eigenvalue weighted by atomic mass is 16.5. The molecule has 0 aliphatic heterocycles. The van der Waals surface area contributed by atoms with Crippen LogP contribution in [0, 0.1) is 51.4 Å². The largest absolute Gasteiger partial charge is 0.489 e. The molecule has 0 aromatic heterocycles. The first-order valence-corrected chi connectivity index (χ1v) is 36.2. The van der Waals surface area contributed by atoms with E-state index in [1.807, 2.05) is 0 Å². The van der Waals surface area contributed by atoms with E-state index < -0.39 is 0 Å². The van der Waals surface area contributed by atoms with E-state index in [4.69, 9.17) is 9.47 Å². The van der Waals surface area contributed by atoms with E-state index in [0.717, 1.165) is 81.4 Å². The molecule has 4 fully saturated rings. The molecule has 0 bridgehead atoms.